The Balaban J connectivity index is 2.59. The van der Waals surface area contributed by atoms with Crippen molar-refractivity contribution in [2.24, 2.45) is 5.41 Å². The van der Waals surface area contributed by atoms with Gasteiger partial charge in [-0.05, 0) is 24.5 Å². The fourth-order valence-electron chi connectivity index (χ4n) is 2.47. The molecule has 0 spiro atoms. The molecule has 4 heteroatoms. The molecule has 0 bridgehead atoms. The highest BCUT2D eigenvalue weighted by Crippen LogP contribution is 2.47. The number of carbonyl (C=O) groups is 1. The molecule has 1 aliphatic carbocycles. The third-order valence-electron chi connectivity index (χ3n) is 3.43. The molecule has 0 radical (unpaired) electrons. The molecule has 0 saturated carbocycles. The van der Waals surface area contributed by atoms with Crippen LogP contribution in [0.4, 0.5) is 0 Å². The van der Waals surface area contributed by atoms with Gasteiger partial charge in [0.2, 0.25) is 0 Å². The van der Waals surface area contributed by atoms with Gasteiger partial charge < -0.3 is 4.74 Å². The van der Waals surface area contributed by atoms with Crippen molar-refractivity contribution in [3.8, 4) is 5.75 Å². The highest BCUT2D eigenvalue weighted by molar-refractivity contribution is 6.45. The lowest BCUT2D eigenvalue weighted by Gasteiger charge is -2.19. The van der Waals surface area contributed by atoms with Gasteiger partial charge in [0.25, 0.3) is 0 Å². The third-order valence-corrected chi connectivity index (χ3v) is 4.28. The van der Waals surface area contributed by atoms with Gasteiger partial charge in [-0.25, -0.2) is 0 Å². The number of halogens is 2. The van der Waals surface area contributed by atoms with E-state index in [1.807, 2.05) is 6.92 Å². The van der Waals surface area contributed by atoms with Crippen LogP contribution in [0.3, 0.4) is 0 Å². The molecule has 2 rings (SSSR count). The molecule has 0 N–H and O–H groups in total. The molecule has 0 saturated heterocycles. The van der Waals surface area contributed by atoms with Crippen LogP contribution >= 0.6 is 23.2 Å². The van der Waals surface area contributed by atoms with E-state index in [4.69, 9.17) is 27.9 Å². The molecule has 2 nitrogen and oxygen atoms in total. The first-order valence-corrected chi connectivity index (χ1v) is 6.40. The number of ketones is 1. The van der Waals surface area contributed by atoms with E-state index >= 15 is 0 Å². The zero-order valence-corrected chi connectivity index (χ0v) is 11.9. The Morgan fingerprint density at radius 2 is 2.17 bits per heavy atom. The summed E-state index contributed by atoms with van der Waals surface area (Å²) in [6.45, 7) is 5.63. The molecule has 0 amide bonds. The van der Waals surface area contributed by atoms with E-state index < -0.39 is 5.41 Å². The van der Waals surface area contributed by atoms with Gasteiger partial charge in [-0.2, -0.15) is 0 Å². The summed E-state index contributed by atoms with van der Waals surface area (Å²) in [7, 11) is 1.53. The van der Waals surface area contributed by atoms with E-state index in [-0.39, 0.29) is 5.78 Å². The molecule has 18 heavy (non-hydrogen) atoms. The van der Waals surface area contributed by atoms with Crippen LogP contribution in [0.1, 0.15) is 29.3 Å². The number of fused-ring (bicyclic) bond motifs is 1. The maximum atomic E-state index is 12.4. The van der Waals surface area contributed by atoms with Crippen LogP contribution in [0.15, 0.2) is 18.7 Å². The Labute approximate surface area is 117 Å². The second kappa shape index (κ2) is 4.60. The van der Waals surface area contributed by atoms with Gasteiger partial charge >= 0.3 is 0 Å². The molecule has 0 fully saturated rings. The van der Waals surface area contributed by atoms with E-state index in [1.54, 1.807) is 12.1 Å². The van der Waals surface area contributed by atoms with Crippen molar-refractivity contribution in [3.63, 3.8) is 0 Å². The molecule has 1 aliphatic rings. The molecule has 0 unspecified atom stereocenters. The van der Waals surface area contributed by atoms with Crippen molar-refractivity contribution >= 4 is 29.0 Å². The minimum atomic E-state index is -0.469. The molecule has 0 aromatic heterocycles. The Hall–Kier alpha value is -0.990. The quantitative estimate of drug-likeness (QED) is 0.773. The topological polar surface area (TPSA) is 26.3 Å². The standard InChI is InChI=1S/C14H14Cl2O2/c1-4-5-14(2)7-8-6-9(18-3)11(15)12(16)10(8)13(14)17/h4,6H,1,5,7H2,2-3H3/t14-/m0/s1. The summed E-state index contributed by atoms with van der Waals surface area (Å²) in [6, 6.07) is 1.80. The Morgan fingerprint density at radius 1 is 1.50 bits per heavy atom. The van der Waals surface area contributed by atoms with Crippen molar-refractivity contribution < 1.29 is 9.53 Å². The maximum absolute atomic E-state index is 12.4. The summed E-state index contributed by atoms with van der Waals surface area (Å²) < 4.78 is 5.17. The predicted molar refractivity (Wildman–Crippen MR) is 74.0 cm³/mol. The average molecular weight is 285 g/mol. The van der Waals surface area contributed by atoms with Crippen LogP contribution < -0.4 is 4.74 Å². The first kappa shape index (κ1) is 13.4. The monoisotopic (exact) mass is 284 g/mol. The van der Waals surface area contributed by atoms with Gasteiger partial charge in [-0.15, -0.1) is 6.58 Å². The predicted octanol–water partition coefficient (Wildman–Crippen LogP) is 4.32. The minimum Gasteiger partial charge on any atom is -0.495 e. The number of rotatable bonds is 3. The second-order valence-corrected chi connectivity index (χ2v) is 5.56. The Kier molecular flexibility index (Phi) is 3.43. The largest absolute Gasteiger partial charge is 0.495 e. The highest BCUT2D eigenvalue weighted by atomic mass is 35.5. The maximum Gasteiger partial charge on any atom is 0.171 e. The molecule has 1 aromatic rings. The molecule has 1 aromatic carbocycles. The molecule has 0 aliphatic heterocycles. The van der Waals surface area contributed by atoms with E-state index in [1.165, 1.54) is 7.11 Å². The molecule has 0 heterocycles. The van der Waals surface area contributed by atoms with Crippen molar-refractivity contribution in [1.29, 1.82) is 0 Å². The first-order valence-electron chi connectivity index (χ1n) is 5.65. The van der Waals surface area contributed by atoms with Gasteiger partial charge in [0.1, 0.15) is 10.8 Å². The summed E-state index contributed by atoms with van der Waals surface area (Å²) in [5.74, 6) is 0.544. The second-order valence-electron chi connectivity index (χ2n) is 4.80. The van der Waals surface area contributed by atoms with E-state index in [0.717, 1.165) is 5.56 Å². The van der Waals surface area contributed by atoms with Crippen LogP contribution in [0.25, 0.3) is 0 Å². The number of methoxy groups -OCH3 is 1. The van der Waals surface area contributed by atoms with Crippen molar-refractivity contribution in [1.82, 2.24) is 0 Å². The lowest BCUT2D eigenvalue weighted by atomic mass is 9.83. The average Bonchev–Trinajstić information content (AvgIpc) is 2.57. The molecular weight excluding hydrogens is 271 g/mol. The van der Waals surface area contributed by atoms with Crippen molar-refractivity contribution in [3.05, 3.63) is 39.9 Å². The summed E-state index contributed by atoms with van der Waals surface area (Å²) in [5.41, 5.74) is 0.964. The summed E-state index contributed by atoms with van der Waals surface area (Å²) >= 11 is 12.3. The summed E-state index contributed by atoms with van der Waals surface area (Å²) in [5, 5.41) is 0.595. The number of carbonyl (C=O) groups excluding carboxylic acids is 1. The van der Waals surface area contributed by atoms with Crippen molar-refractivity contribution in [2.75, 3.05) is 7.11 Å². The van der Waals surface area contributed by atoms with Gasteiger partial charge in [0.15, 0.2) is 5.78 Å². The minimum absolute atomic E-state index is 0.0342. The highest BCUT2D eigenvalue weighted by Gasteiger charge is 2.42. The van der Waals surface area contributed by atoms with E-state index in [2.05, 4.69) is 6.58 Å². The van der Waals surface area contributed by atoms with Crippen LogP contribution in [-0.4, -0.2) is 12.9 Å². The number of Topliss-reactive ketones (excluding diaryl/α,β-unsaturated/α-hetero) is 1. The zero-order valence-electron chi connectivity index (χ0n) is 10.3. The lowest BCUT2D eigenvalue weighted by Crippen LogP contribution is -2.23. The number of hydrogen-bond donors (Lipinski definition) is 0. The summed E-state index contributed by atoms with van der Waals surface area (Å²) in [4.78, 5) is 12.4. The number of allylic oxidation sites excluding steroid dienone is 1. The Morgan fingerprint density at radius 3 is 2.72 bits per heavy atom. The Bertz CT molecular complexity index is 537. The van der Waals surface area contributed by atoms with Crippen LogP contribution in [0.5, 0.6) is 5.75 Å². The number of benzene rings is 1. The first-order chi connectivity index (χ1) is 8.44. The van der Waals surface area contributed by atoms with Gasteiger partial charge in [0, 0.05) is 11.0 Å². The summed E-state index contributed by atoms with van der Waals surface area (Å²) in [6.07, 6.45) is 3.02. The van der Waals surface area contributed by atoms with E-state index in [0.29, 0.717) is 34.2 Å². The van der Waals surface area contributed by atoms with Crippen molar-refractivity contribution in [2.45, 2.75) is 19.8 Å². The molecular formula is C14H14Cl2O2. The van der Waals surface area contributed by atoms with Crippen LogP contribution in [-0.2, 0) is 6.42 Å². The van der Waals surface area contributed by atoms with E-state index in [9.17, 15) is 4.79 Å². The smallest absolute Gasteiger partial charge is 0.171 e. The van der Waals surface area contributed by atoms with Crippen LogP contribution in [0, 0.1) is 5.41 Å². The zero-order chi connectivity index (χ0) is 13.5. The number of hydrogen-bond acceptors (Lipinski definition) is 2. The van der Waals surface area contributed by atoms with Gasteiger partial charge in [-0.3, -0.25) is 4.79 Å². The fraction of sp³-hybridized carbons (Fsp3) is 0.357. The normalized spacial score (nSPS) is 21.9. The molecule has 1 atom stereocenters. The third kappa shape index (κ3) is 1.84. The SMILES string of the molecule is C=CC[C@@]1(C)Cc2cc(OC)c(Cl)c(Cl)c2C1=O. The lowest BCUT2D eigenvalue weighted by molar-refractivity contribution is 0.0845. The number of ether oxygens (including phenoxy) is 1. The van der Waals surface area contributed by atoms with Crippen LogP contribution in [0.2, 0.25) is 10.0 Å². The molecule has 96 valence electrons. The van der Waals surface area contributed by atoms with Gasteiger partial charge in [0.05, 0.1) is 12.1 Å². The fourth-order valence-corrected chi connectivity index (χ4v) is 3.00. The van der Waals surface area contributed by atoms with Gasteiger partial charge in [-0.1, -0.05) is 36.2 Å².